The predicted molar refractivity (Wildman–Crippen MR) is 84.9 cm³/mol. The maximum Gasteiger partial charge on any atom is 0.258 e. The average Bonchev–Trinajstić information content (AvgIpc) is 2.48. The van der Waals surface area contributed by atoms with Gasteiger partial charge in [0.1, 0.15) is 0 Å². The summed E-state index contributed by atoms with van der Waals surface area (Å²) in [7, 11) is -8.31. The molecule has 0 bridgehead atoms. The fourth-order valence-electron chi connectivity index (χ4n) is 2.60. The van der Waals surface area contributed by atoms with Gasteiger partial charge in [0.05, 0.1) is 11.0 Å². The molecule has 1 aromatic carbocycles. The van der Waals surface area contributed by atoms with E-state index in [0.29, 0.717) is 18.4 Å². The number of hydrogen-bond donors (Lipinski definition) is 0. The monoisotopic (exact) mass is 328 g/mol. The summed E-state index contributed by atoms with van der Waals surface area (Å²) in [4.78, 5) is 0. The van der Waals surface area contributed by atoms with Crippen molar-refractivity contribution in [2.75, 3.05) is 0 Å². The van der Waals surface area contributed by atoms with Crippen LogP contribution in [0.3, 0.4) is 0 Å². The third-order valence-corrected chi connectivity index (χ3v) is 9.85. The van der Waals surface area contributed by atoms with Crippen molar-refractivity contribution >= 4 is 23.8 Å². The molecular formula is C15H20O4S2. The molecule has 0 heterocycles. The van der Waals surface area contributed by atoms with Gasteiger partial charge in [-0.25, -0.2) is 16.8 Å². The molecule has 0 spiro atoms. The van der Waals surface area contributed by atoms with Crippen LogP contribution in [0.1, 0.15) is 43.2 Å². The fourth-order valence-corrected chi connectivity index (χ4v) is 7.41. The minimum absolute atomic E-state index is 0.455. The van der Waals surface area contributed by atoms with Crippen LogP contribution in [-0.4, -0.2) is 22.1 Å². The summed E-state index contributed by atoms with van der Waals surface area (Å²) in [5.74, 6) is -0.455. The van der Waals surface area contributed by atoms with E-state index in [9.17, 15) is 16.8 Å². The highest BCUT2D eigenvalue weighted by Crippen LogP contribution is 2.28. The Morgan fingerprint density at radius 3 is 2.10 bits per heavy atom. The quantitative estimate of drug-likeness (QED) is 0.779. The second-order valence-corrected chi connectivity index (χ2v) is 11.4. The first kappa shape index (κ1) is 16.2. The van der Waals surface area contributed by atoms with E-state index in [-0.39, 0.29) is 0 Å². The lowest BCUT2D eigenvalue weighted by Crippen LogP contribution is -2.31. The van der Waals surface area contributed by atoms with E-state index in [1.807, 2.05) is 0 Å². The fraction of sp³-hybridized carbons (Fsp3) is 0.467. The Balaban J connectivity index is 2.21. The van der Waals surface area contributed by atoms with Crippen LogP contribution in [0.25, 0.3) is 6.08 Å². The highest BCUT2D eigenvalue weighted by Gasteiger charge is 2.38. The van der Waals surface area contributed by atoms with Gasteiger partial charge in [-0.3, -0.25) is 0 Å². The summed E-state index contributed by atoms with van der Waals surface area (Å²) < 4.78 is 49.2. The van der Waals surface area contributed by atoms with Crippen molar-refractivity contribution in [3.63, 3.8) is 0 Å². The summed E-state index contributed by atoms with van der Waals surface area (Å²) in [5.41, 5.74) is 1.35. The van der Waals surface area contributed by atoms with Gasteiger partial charge >= 0.3 is 0 Å². The van der Waals surface area contributed by atoms with Gasteiger partial charge in [0.2, 0.25) is 0 Å². The Hall–Kier alpha value is -1.14. The van der Waals surface area contributed by atoms with Crippen molar-refractivity contribution in [1.82, 2.24) is 0 Å². The van der Waals surface area contributed by atoms with Gasteiger partial charge < -0.3 is 0 Å². The van der Waals surface area contributed by atoms with Gasteiger partial charge in [0.25, 0.3) is 17.7 Å². The highest BCUT2D eigenvalue weighted by atomic mass is 33.2. The van der Waals surface area contributed by atoms with Crippen molar-refractivity contribution in [3.05, 3.63) is 42.0 Å². The molecule has 0 N–H and O–H groups in total. The summed E-state index contributed by atoms with van der Waals surface area (Å²) in [6, 6.07) is 6.71. The molecule has 1 aromatic rings. The van der Waals surface area contributed by atoms with E-state index >= 15 is 0 Å². The molecule has 1 aliphatic carbocycles. The van der Waals surface area contributed by atoms with Crippen LogP contribution >= 0.6 is 0 Å². The zero-order valence-corrected chi connectivity index (χ0v) is 13.5. The Morgan fingerprint density at radius 1 is 1.00 bits per heavy atom. The topological polar surface area (TPSA) is 68.3 Å². The van der Waals surface area contributed by atoms with E-state index in [4.69, 9.17) is 0 Å². The third kappa shape index (κ3) is 3.55. The molecule has 6 heteroatoms. The van der Waals surface area contributed by atoms with Crippen LogP contribution in [0.15, 0.2) is 30.8 Å². The van der Waals surface area contributed by atoms with Crippen LogP contribution in [0, 0.1) is 0 Å². The van der Waals surface area contributed by atoms with Crippen LogP contribution < -0.4 is 0 Å². The molecule has 21 heavy (non-hydrogen) atoms. The lowest BCUT2D eigenvalue weighted by Gasteiger charge is -2.21. The Labute approximate surface area is 126 Å². The van der Waals surface area contributed by atoms with Crippen molar-refractivity contribution in [2.24, 2.45) is 0 Å². The van der Waals surface area contributed by atoms with Crippen molar-refractivity contribution in [1.29, 1.82) is 0 Å². The SMILES string of the molecule is C=Cc1ccc(CS(=O)(=O)S(=O)(=O)C2CCCCC2)cc1. The highest BCUT2D eigenvalue weighted by molar-refractivity contribution is 8.67. The van der Waals surface area contributed by atoms with Gasteiger partial charge in [-0.05, 0) is 24.0 Å². The van der Waals surface area contributed by atoms with Crippen LogP contribution in [0.4, 0.5) is 0 Å². The molecule has 0 radical (unpaired) electrons. The molecule has 0 aromatic heterocycles. The molecule has 0 aliphatic heterocycles. The number of rotatable bonds is 5. The van der Waals surface area contributed by atoms with Gasteiger partial charge in [-0.15, -0.1) is 0 Å². The average molecular weight is 328 g/mol. The molecule has 0 atom stereocenters. The van der Waals surface area contributed by atoms with Crippen LogP contribution in [0.2, 0.25) is 0 Å². The Bertz CT molecular complexity index is 695. The molecule has 116 valence electrons. The first-order chi connectivity index (χ1) is 9.87. The standard InChI is InChI=1S/C15H20O4S2/c1-2-13-8-10-14(11-9-13)12-20(16,17)21(18,19)15-6-4-3-5-7-15/h2,8-11,15H,1,3-7,12H2. The zero-order chi connectivity index (χ0) is 15.5. The maximum atomic E-state index is 12.3. The first-order valence-electron chi connectivity index (χ1n) is 7.05. The molecule has 1 aliphatic rings. The van der Waals surface area contributed by atoms with Crippen LogP contribution in [0.5, 0.6) is 0 Å². The van der Waals surface area contributed by atoms with Crippen molar-refractivity contribution in [2.45, 2.75) is 43.1 Å². The molecule has 1 saturated carbocycles. The van der Waals surface area contributed by atoms with E-state index in [1.165, 1.54) is 0 Å². The maximum absolute atomic E-state index is 12.3. The lowest BCUT2D eigenvalue weighted by atomic mass is 10.0. The third-order valence-electron chi connectivity index (χ3n) is 3.87. The van der Waals surface area contributed by atoms with Crippen molar-refractivity contribution < 1.29 is 16.8 Å². The first-order valence-corrected chi connectivity index (χ1v) is 10.8. The minimum atomic E-state index is -4.19. The number of hydrogen-bond acceptors (Lipinski definition) is 4. The van der Waals surface area contributed by atoms with Gasteiger partial charge in [-0.1, -0.05) is 56.2 Å². The summed E-state index contributed by atoms with van der Waals surface area (Å²) >= 11 is 0. The van der Waals surface area contributed by atoms with Gasteiger partial charge in [0.15, 0.2) is 0 Å². The molecule has 1 fully saturated rings. The van der Waals surface area contributed by atoms with Gasteiger partial charge in [-0.2, -0.15) is 0 Å². The van der Waals surface area contributed by atoms with E-state index < -0.39 is 28.7 Å². The normalized spacial score (nSPS) is 17.5. The second-order valence-electron chi connectivity index (χ2n) is 5.40. The van der Waals surface area contributed by atoms with E-state index in [0.717, 1.165) is 24.8 Å². The Morgan fingerprint density at radius 2 is 1.57 bits per heavy atom. The molecule has 0 saturated heterocycles. The minimum Gasteiger partial charge on any atom is -0.212 e. The molecule has 0 amide bonds. The molecule has 2 rings (SSSR count). The summed E-state index contributed by atoms with van der Waals surface area (Å²) in [6.45, 7) is 3.62. The molecular weight excluding hydrogens is 308 g/mol. The van der Waals surface area contributed by atoms with Crippen molar-refractivity contribution in [3.8, 4) is 0 Å². The smallest absolute Gasteiger partial charge is 0.212 e. The van der Waals surface area contributed by atoms with Crippen LogP contribution in [-0.2, 0) is 23.5 Å². The van der Waals surface area contributed by atoms with E-state index in [2.05, 4.69) is 6.58 Å². The van der Waals surface area contributed by atoms with Gasteiger partial charge in [0, 0.05) is 0 Å². The van der Waals surface area contributed by atoms with E-state index in [1.54, 1.807) is 30.3 Å². The number of benzene rings is 1. The summed E-state index contributed by atoms with van der Waals surface area (Å²) in [6.07, 6.45) is 5.11. The second kappa shape index (κ2) is 6.32. The molecule has 4 nitrogen and oxygen atoms in total. The zero-order valence-electron chi connectivity index (χ0n) is 11.9. The predicted octanol–water partition coefficient (Wildman–Crippen LogP) is 2.91. The Kier molecular flexibility index (Phi) is 4.88. The largest absolute Gasteiger partial charge is 0.258 e. The summed E-state index contributed by atoms with van der Waals surface area (Å²) in [5, 5.41) is -0.733. The lowest BCUT2D eigenvalue weighted by molar-refractivity contribution is 0.487. The molecule has 0 unspecified atom stereocenters.